The third kappa shape index (κ3) is 5.75. The number of morpholine rings is 1. The Labute approximate surface area is 221 Å². The zero-order valence-electron chi connectivity index (χ0n) is 22.0. The second kappa shape index (κ2) is 12.2. The van der Waals surface area contributed by atoms with E-state index in [0.29, 0.717) is 42.5 Å². The minimum Gasteiger partial charge on any atom is -0.495 e. The number of methoxy groups -OCH3 is 1. The number of aromatic amines is 1. The number of carbonyl (C=O) groups is 1. The van der Waals surface area contributed by atoms with E-state index in [4.69, 9.17) is 19.9 Å². The van der Waals surface area contributed by atoms with Crippen LogP contribution in [0.3, 0.4) is 0 Å². The first-order valence-electron chi connectivity index (χ1n) is 12.3. The summed E-state index contributed by atoms with van der Waals surface area (Å²) >= 11 is 0. The van der Waals surface area contributed by atoms with Gasteiger partial charge >= 0.3 is 0 Å². The van der Waals surface area contributed by atoms with Crippen molar-refractivity contribution in [1.82, 2.24) is 35.9 Å². The summed E-state index contributed by atoms with van der Waals surface area (Å²) in [6, 6.07) is 5.36. The third-order valence-electron chi connectivity index (χ3n) is 6.22. The maximum absolute atomic E-state index is 11.3. The first-order valence-corrected chi connectivity index (χ1v) is 12.3. The first kappa shape index (κ1) is 26.6. The lowest BCUT2D eigenvalue weighted by Gasteiger charge is -2.30. The van der Waals surface area contributed by atoms with Gasteiger partial charge in [0.25, 0.3) is 0 Å². The number of nitrogens with zero attached hydrogens (tertiary/aromatic N) is 4. The second-order valence-electron chi connectivity index (χ2n) is 8.68. The number of rotatable bonds is 11. The van der Waals surface area contributed by atoms with Crippen LogP contribution < -0.4 is 25.6 Å². The molecule has 2 aromatic heterocycles. The highest BCUT2D eigenvalue weighted by Crippen LogP contribution is 2.34. The predicted molar refractivity (Wildman–Crippen MR) is 146 cm³/mol. The van der Waals surface area contributed by atoms with Crippen LogP contribution in [0, 0.1) is 5.41 Å². The molecule has 0 radical (unpaired) electrons. The van der Waals surface area contributed by atoms with Crippen molar-refractivity contribution >= 4 is 34.4 Å². The van der Waals surface area contributed by atoms with Gasteiger partial charge in [0, 0.05) is 50.4 Å². The molecule has 4 rings (SSSR count). The topological polar surface area (TPSA) is 153 Å². The van der Waals surface area contributed by atoms with E-state index < -0.39 is 0 Å². The smallest absolute Gasteiger partial charge is 0.211 e. The molecular formula is C26H33N9O3. The van der Waals surface area contributed by atoms with Crippen LogP contribution >= 0.6 is 0 Å². The molecule has 1 atom stereocenters. The van der Waals surface area contributed by atoms with Crippen molar-refractivity contribution in [3.8, 4) is 5.75 Å². The van der Waals surface area contributed by atoms with E-state index in [0.717, 1.165) is 35.6 Å². The zero-order valence-corrected chi connectivity index (χ0v) is 22.0. The van der Waals surface area contributed by atoms with E-state index in [1.165, 1.54) is 0 Å². The van der Waals surface area contributed by atoms with Gasteiger partial charge in [-0.3, -0.25) is 10.2 Å². The number of hydrogen-bond donors (Lipinski definition) is 5. The number of nitrogens with one attached hydrogen (secondary N) is 5. The Hall–Kier alpha value is -4.45. The van der Waals surface area contributed by atoms with Crippen LogP contribution in [0.15, 0.2) is 48.2 Å². The summed E-state index contributed by atoms with van der Waals surface area (Å²) in [5, 5.41) is 17.8. The number of allylic oxidation sites excluding steroid dienone is 1. The molecule has 38 heavy (non-hydrogen) atoms. The van der Waals surface area contributed by atoms with Gasteiger partial charge in [-0.05, 0) is 26.0 Å². The van der Waals surface area contributed by atoms with Gasteiger partial charge in [0.05, 0.1) is 54.5 Å². The minimum atomic E-state index is -0.328. The Balaban J connectivity index is 1.78. The molecule has 3 aromatic rings. The summed E-state index contributed by atoms with van der Waals surface area (Å²) in [5.74, 6) is 1.87. The van der Waals surface area contributed by atoms with E-state index in [1.54, 1.807) is 38.8 Å². The molecule has 12 heteroatoms. The predicted octanol–water partition coefficient (Wildman–Crippen LogP) is 2.11. The maximum Gasteiger partial charge on any atom is 0.211 e. The molecule has 0 bridgehead atoms. The van der Waals surface area contributed by atoms with Crippen LogP contribution in [0.4, 0.5) is 5.69 Å². The van der Waals surface area contributed by atoms with Crippen molar-refractivity contribution in [1.29, 1.82) is 5.41 Å². The molecule has 1 unspecified atom stereocenters. The number of amides is 1. The van der Waals surface area contributed by atoms with Crippen molar-refractivity contribution in [3.05, 3.63) is 59.8 Å². The van der Waals surface area contributed by atoms with E-state index in [2.05, 4.69) is 35.8 Å². The van der Waals surface area contributed by atoms with Crippen molar-refractivity contribution in [2.75, 3.05) is 45.4 Å². The van der Waals surface area contributed by atoms with Crippen LogP contribution in [0.2, 0.25) is 0 Å². The second-order valence-corrected chi connectivity index (χ2v) is 8.68. The Morgan fingerprint density at radius 2 is 2.00 bits per heavy atom. The fourth-order valence-electron chi connectivity index (χ4n) is 4.25. The van der Waals surface area contributed by atoms with Crippen molar-refractivity contribution in [2.24, 2.45) is 0 Å². The number of imidazole rings is 1. The maximum atomic E-state index is 11.3. The van der Waals surface area contributed by atoms with Gasteiger partial charge in [0.1, 0.15) is 23.1 Å². The molecule has 1 aliphatic rings. The van der Waals surface area contributed by atoms with Gasteiger partial charge < -0.3 is 35.3 Å². The van der Waals surface area contributed by atoms with Crippen molar-refractivity contribution < 1.29 is 14.3 Å². The SMILES string of the molecule is CN/C=C(/NC=O)C(=N)/C(NC(C)c1ncccn1)=C(\C)c1nc2cc(OC)c(N3CCOCC3)cc2[nH]1. The summed E-state index contributed by atoms with van der Waals surface area (Å²) in [4.78, 5) is 30.4. The molecule has 1 aromatic carbocycles. The molecule has 1 fully saturated rings. The highest BCUT2D eigenvalue weighted by atomic mass is 16.5. The van der Waals surface area contributed by atoms with Gasteiger partial charge in [0.15, 0.2) is 0 Å². The number of aromatic nitrogens is 4. The lowest BCUT2D eigenvalue weighted by atomic mass is 10.1. The van der Waals surface area contributed by atoms with Crippen LogP contribution in [0.5, 0.6) is 5.75 Å². The molecule has 0 aliphatic carbocycles. The number of anilines is 1. The molecule has 1 saturated heterocycles. The van der Waals surface area contributed by atoms with Gasteiger partial charge in [-0.25, -0.2) is 15.0 Å². The number of benzene rings is 1. The molecule has 12 nitrogen and oxygen atoms in total. The summed E-state index contributed by atoms with van der Waals surface area (Å²) < 4.78 is 11.2. The molecule has 5 N–H and O–H groups in total. The number of fused-ring (bicyclic) bond motifs is 1. The quantitative estimate of drug-likeness (QED) is 0.189. The monoisotopic (exact) mass is 519 g/mol. The number of ether oxygens (including phenoxy) is 2. The van der Waals surface area contributed by atoms with Gasteiger partial charge in [-0.15, -0.1) is 0 Å². The van der Waals surface area contributed by atoms with Crippen LogP contribution in [-0.4, -0.2) is 72.5 Å². The Kier molecular flexibility index (Phi) is 8.54. The molecule has 0 spiro atoms. The number of hydrogen-bond acceptors (Lipinski definition) is 10. The van der Waals surface area contributed by atoms with Crippen molar-refractivity contribution in [3.63, 3.8) is 0 Å². The molecule has 200 valence electrons. The lowest BCUT2D eigenvalue weighted by molar-refractivity contribution is -0.108. The normalized spacial score (nSPS) is 15.5. The fourth-order valence-corrected chi connectivity index (χ4v) is 4.25. The van der Waals surface area contributed by atoms with Crippen molar-refractivity contribution in [2.45, 2.75) is 19.9 Å². The van der Waals surface area contributed by atoms with Gasteiger partial charge in [-0.1, -0.05) is 0 Å². The highest BCUT2D eigenvalue weighted by Gasteiger charge is 2.22. The number of carbonyl (C=O) groups excluding carboxylic acids is 1. The highest BCUT2D eigenvalue weighted by molar-refractivity contribution is 6.14. The van der Waals surface area contributed by atoms with E-state index in [1.807, 2.05) is 26.0 Å². The van der Waals surface area contributed by atoms with E-state index in [9.17, 15) is 4.79 Å². The summed E-state index contributed by atoms with van der Waals surface area (Å²) in [5.41, 5.74) is 4.03. The van der Waals surface area contributed by atoms with Crippen LogP contribution in [0.25, 0.3) is 16.6 Å². The summed E-state index contributed by atoms with van der Waals surface area (Å²) in [6.07, 6.45) is 5.42. The Bertz CT molecular complexity index is 1340. The molecule has 0 saturated carbocycles. The standard InChI is InChI=1S/C26H33N9O3/c1-16(24(23(27)20(14-28-3)31-15-36)32-17(2)26-29-6-5-7-30-26)25-33-18-12-21(35-8-10-38-11-9-35)22(37-4)13-19(18)34-25/h5-7,12-15,17,27-28,32H,8-11H2,1-4H3,(H,31,36)(H,33,34)/b20-14+,24-16-,27-23?. The fraction of sp³-hybridized carbons (Fsp3) is 0.346. The largest absolute Gasteiger partial charge is 0.495 e. The zero-order chi connectivity index (χ0) is 27.1. The summed E-state index contributed by atoms with van der Waals surface area (Å²) in [7, 11) is 3.35. The summed E-state index contributed by atoms with van der Waals surface area (Å²) in [6.45, 7) is 6.64. The Morgan fingerprint density at radius 1 is 1.26 bits per heavy atom. The number of H-pyrrole nitrogens is 1. The minimum absolute atomic E-state index is 0.0683. The van der Waals surface area contributed by atoms with Gasteiger partial charge in [-0.2, -0.15) is 0 Å². The first-order chi connectivity index (χ1) is 18.5. The van der Waals surface area contributed by atoms with E-state index in [-0.39, 0.29) is 17.5 Å². The van der Waals surface area contributed by atoms with Gasteiger partial charge in [0.2, 0.25) is 6.41 Å². The van der Waals surface area contributed by atoms with Crippen LogP contribution in [0.1, 0.15) is 31.5 Å². The lowest BCUT2D eigenvalue weighted by Crippen LogP contribution is -2.36. The third-order valence-corrected chi connectivity index (χ3v) is 6.22. The van der Waals surface area contributed by atoms with E-state index >= 15 is 0 Å². The average Bonchev–Trinajstić information content (AvgIpc) is 3.38. The molecule has 1 amide bonds. The molecule has 3 heterocycles. The molecule has 1 aliphatic heterocycles. The van der Waals surface area contributed by atoms with Crippen LogP contribution in [-0.2, 0) is 9.53 Å². The molecular weight excluding hydrogens is 486 g/mol. The average molecular weight is 520 g/mol. The Morgan fingerprint density at radius 3 is 2.66 bits per heavy atom.